The molecular weight excluding hydrogens is 392 g/mol. The molecule has 8 heteroatoms. The second-order valence-corrected chi connectivity index (χ2v) is 6.77. The van der Waals surface area contributed by atoms with Crippen LogP contribution >= 0.6 is 12.6 Å². The third-order valence-corrected chi connectivity index (χ3v) is 4.34. The molecule has 0 aliphatic rings. The maximum atomic E-state index is 12.7. The molecule has 2 rings (SSSR count). The fourth-order valence-corrected chi connectivity index (χ4v) is 2.88. The van der Waals surface area contributed by atoms with E-state index in [1.807, 2.05) is 36.4 Å². The van der Waals surface area contributed by atoms with Crippen LogP contribution in [0.1, 0.15) is 12.0 Å². The zero-order valence-corrected chi connectivity index (χ0v) is 16.7. The van der Waals surface area contributed by atoms with Gasteiger partial charge in [0.1, 0.15) is 17.8 Å². The number of hydrogen-bond donors (Lipinski definition) is 4. The lowest BCUT2D eigenvalue weighted by Crippen LogP contribution is -2.53. The highest BCUT2D eigenvalue weighted by atomic mass is 32.1. The van der Waals surface area contributed by atoms with Crippen molar-refractivity contribution < 1.29 is 24.2 Å². The van der Waals surface area contributed by atoms with Crippen LogP contribution in [0.15, 0.2) is 60.7 Å². The van der Waals surface area contributed by atoms with E-state index in [1.165, 1.54) is 0 Å². The van der Waals surface area contributed by atoms with Gasteiger partial charge in [-0.3, -0.25) is 9.59 Å². The Morgan fingerprint density at radius 1 is 0.931 bits per heavy atom. The van der Waals surface area contributed by atoms with Gasteiger partial charge < -0.3 is 20.5 Å². The highest BCUT2D eigenvalue weighted by Gasteiger charge is 2.26. The van der Waals surface area contributed by atoms with E-state index >= 15 is 0 Å². The average molecular weight is 416 g/mol. The van der Waals surface area contributed by atoms with E-state index in [2.05, 4.69) is 23.3 Å². The van der Waals surface area contributed by atoms with Crippen molar-refractivity contribution in [1.29, 1.82) is 0 Å². The van der Waals surface area contributed by atoms with Gasteiger partial charge in [0.05, 0.1) is 0 Å². The minimum Gasteiger partial charge on any atom is -0.484 e. The fourth-order valence-electron chi connectivity index (χ4n) is 2.62. The lowest BCUT2D eigenvalue weighted by Gasteiger charge is -2.21. The predicted molar refractivity (Wildman–Crippen MR) is 112 cm³/mol. The van der Waals surface area contributed by atoms with Gasteiger partial charge in [-0.15, -0.1) is 0 Å². The quantitative estimate of drug-likeness (QED) is 0.417. The summed E-state index contributed by atoms with van der Waals surface area (Å²) in [6.07, 6.45) is 0.393. The number of carbonyl (C=O) groups excluding carboxylic acids is 2. The molecule has 0 saturated heterocycles. The van der Waals surface area contributed by atoms with Crippen LogP contribution in [-0.4, -0.2) is 47.3 Å². The average Bonchev–Trinajstić information content (AvgIpc) is 2.73. The molecule has 29 heavy (non-hydrogen) atoms. The van der Waals surface area contributed by atoms with Crippen LogP contribution in [0.2, 0.25) is 0 Å². The van der Waals surface area contributed by atoms with Crippen LogP contribution in [0.4, 0.5) is 0 Å². The Morgan fingerprint density at radius 2 is 1.55 bits per heavy atom. The molecule has 0 unspecified atom stereocenters. The van der Waals surface area contributed by atoms with Gasteiger partial charge in [0.15, 0.2) is 6.61 Å². The van der Waals surface area contributed by atoms with Gasteiger partial charge in [0, 0.05) is 6.42 Å². The highest BCUT2D eigenvalue weighted by Crippen LogP contribution is 2.08. The second kappa shape index (κ2) is 11.8. The van der Waals surface area contributed by atoms with Crippen LogP contribution in [0.5, 0.6) is 5.75 Å². The molecule has 2 atom stereocenters. The van der Waals surface area contributed by atoms with E-state index in [4.69, 9.17) is 4.74 Å². The number of ether oxygens (including phenoxy) is 1. The topological polar surface area (TPSA) is 105 Å². The number of carboxylic acid groups (broad SMARTS) is 1. The number of hydrogen-bond acceptors (Lipinski definition) is 5. The minimum absolute atomic E-state index is 0.174. The molecule has 0 spiro atoms. The normalized spacial score (nSPS) is 12.4. The van der Waals surface area contributed by atoms with E-state index in [1.54, 1.807) is 24.3 Å². The first-order valence-electron chi connectivity index (χ1n) is 9.14. The second-order valence-electron chi connectivity index (χ2n) is 6.32. The molecule has 0 radical (unpaired) electrons. The molecule has 0 saturated carbocycles. The fraction of sp³-hybridized carbons (Fsp3) is 0.286. The van der Waals surface area contributed by atoms with Crippen molar-refractivity contribution in [3.63, 3.8) is 0 Å². The highest BCUT2D eigenvalue weighted by molar-refractivity contribution is 7.80. The van der Waals surface area contributed by atoms with E-state index < -0.39 is 29.9 Å². The molecule has 154 valence electrons. The van der Waals surface area contributed by atoms with Crippen molar-refractivity contribution in [3.8, 4) is 5.75 Å². The number of para-hydroxylation sites is 1. The lowest BCUT2D eigenvalue weighted by atomic mass is 10.0. The molecule has 0 aromatic heterocycles. The first-order chi connectivity index (χ1) is 14.0. The summed E-state index contributed by atoms with van der Waals surface area (Å²) in [5.41, 5.74) is 0.831. The standard InChI is InChI=1S/C21H24N2O5S/c24-19(14-28-16-9-5-2-6-10-16)22-18(13-15-7-3-1-4-8-15)20(25)23-17(11-12-29)21(26)27/h1-10,17-18,29H,11-14H2,(H,22,24)(H,23,25)(H,26,27)/t17-,18-/m0/s1. The van der Waals surface area contributed by atoms with Gasteiger partial charge in [-0.1, -0.05) is 48.5 Å². The summed E-state index contributed by atoms with van der Waals surface area (Å²) >= 11 is 4.03. The van der Waals surface area contributed by atoms with Crippen LogP contribution in [-0.2, 0) is 20.8 Å². The van der Waals surface area contributed by atoms with E-state index in [9.17, 15) is 19.5 Å². The van der Waals surface area contributed by atoms with E-state index in [0.717, 1.165) is 5.56 Å². The Kier molecular flexibility index (Phi) is 9.04. The van der Waals surface area contributed by atoms with Gasteiger partial charge in [0.25, 0.3) is 5.91 Å². The maximum Gasteiger partial charge on any atom is 0.326 e. The van der Waals surface area contributed by atoms with Gasteiger partial charge in [-0.25, -0.2) is 4.79 Å². The molecule has 0 aliphatic carbocycles. The molecule has 7 nitrogen and oxygen atoms in total. The zero-order chi connectivity index (χ0) is 21.1. The van der Waals surface area contributed by atoms with Crippen LogP contribution < -0.4 is 15.4 Å². The number of benzene rings is 2. The zero-order valence-electron chi connectivity index (χ0n) is 15.8. The van der Waals surface area contributed by atoms with E-state index in [-0.39, 0.29) is 19.4 Å². The third kappa shape index (κ3) is 7.87. The first-order valence-corrected chi connectivity index (χ1v) is 9.78. The summed E-state index contributed by atoms with van der Waals surface area (Å²) in [6, 6.07) is 16.0. The molecule has 2 amide bonds. The van der Waals surface area contributed by atoms with Gasteiger partial charge in [0.2, 0.25) is 5.91 Å². The summed E-state index contributed by atoms with van der Waals surface area (Å²) in [7, 11) is 0. The van der Waals surface area contributed by atoms with Gasteiger partial charge in [-0.2, -0.15) is 12.6 Å². The molecule has 0 fully saturated rings. The lowest BCUT2D eigenvalue weighted by molar-refractivity contribution is -0.142. The number of nitrogens with one attached hydrogen (secondary N) is 2. The summed E-state index contributed by atoms with van der Waals surface area (Å²) < 4.78 is 5.41. The third-order valence-electron chi connectivity index (χ3n) is 4.08. The molecule has 2 aromatic rings. The number of carboxylic acids is 1. The van der Waals surface area contributed by atoms with Crippen molar-refractivity contribution in [3.05, 3.63) is 66.2 Å². The van der Waals surface area contributed by atoms with E-state index in [0.29, 0.717) is 11.5 Å². The molecule has 0 bridgehead atoms. The Bertz CT molecular complexity index is 801. The summed E-state index contributed by atoms with van der Waals surface area (Å²) in [4.78, 5) is 36.3. The van der Waals surface area contributed by atoms with Crippen LogP contribution in [0, 0.1) is 0 Å². The number of rotatable bonds is 11. The van der Waals surface area contributed by atoms with Crippen LogP contribution in [0.25, 0.3) is 0 Å². The summed E-state index contributed by atoms with van der Waals surface area (Å²) in [5, 5.41) is 14.4. The molecule has 0 aliphatic heterocycles. The van der Waals surface area contributed by atoms with Crippen molar-refractivity contribution in [2.45, 2.75) is 24.9 Å². The number of aliphatic carboxylic acids is 1. The Balaban J connectivity index is 2.04. The maximum absolute atomic E-state index is 12.7. The van der Waals surface area contributed by atoms with Crippen LogP contribution in [0.3, 0.4) is 0 Å². The van der Waals surface area contributed by atoms with Crippen molar-refractivity contribution >= 4 is 30.4 Å². The number of amides is 2. The summed E-state index contributed by atoms with van der Waals surface area (Å²) in [6.45, 7) is -0.262. The largest absolute Gasteiger partial charge is 0.484 e. The Hall–Kier alpha value is -3.00. The molecule has 0 heterocycles. The number of carbonyl (C=O) groups is 3. The summed E-state index contributed by atoms with van der Waals surface area (Å²) in [5.74, 6) is -1.36. The first kappa shape index (κ1) is 22.3. The molecule has 2 aromatic carbocycles. The monoisotopic (exact) mass is 416 g/mol. The molecule has 3 N–H and O–H groups in total. The van der Waals surface area contributed by atoms with Gasteiger partial charge >= 0.3 is 5.97 Å². The Labute approximate surface area is 174 Å². The minimum atomic E-state index is -1.15. The number of thiol groups is 1. The van der Waals surface area contributed by atoms with Gasteiger partial charge in [-0.05, 0) is 29.9 Å². The smallest absolute Gasteiger partial charge is 0.326 e. The molecular formula is C21H24N2O5S. The van der Waals surface area contributed by atoms with Crippen molar-refractivity contribution in [2.75, 3.05) is 12.4 Å². The Morgan fingerprint density at radius 3 is 2.14 bits per heavy atom. The van der Waals surface area contributed by atoms with Crippen molar-refractivity contribution in [2.24, 2.45) is 0 Å². The predicted octanol–water partition coefficient (Wildman–Crippen LogP) is 1.68. The SMILES string of the molecule is O=C(COc1ccccc1)N[C@@H](Cc1ccccc1)C(=O)N[C@@H](CCS)C(=O)O. The van der Waals surface area contributed by atoms with Crippen molar-refractivity contribution in [1.82, 2.24) is 10.6 Å².